The monoisotopic (exact) mass is 189 g/mol. The fraction of sp³-hybridized carbons (Fsp3) is 0.538. The molecule has 14 heavy (non-hydrogen) atoms. The van der Waals surface area contributed by atoms with Gasteiger partial charge < -0.3 is 0 Å². The zero-order valence-electron chi connectivity index (χ0n) is 9.33. The molecule has 0 aliphatic carbocycles. The molecular weight excluding hydrogens is 170 g/mol. The molecule has 0 aromatic heterocycles. The van der Waals surface area contributed by atoms with Gasteiger partial charge in [0.05, 0.1) is 0 Å². The van der Waals surface area contributed by atoms with Gasteiger partial charge in [-0.15, -0.1) is 0 Å². The maximum Gasteiger partial charge on any atom is 0.0239 e. The van der Waals surface area contributed by atoms with Crippen molar-refractivity contribution in [1.29, 1.82) is 0 Å². The molecule has 1 heterocycles. The van der Waals surface area contributed by atoms with Gasteiger partial charge in [0.1, 0.15) is 0 Å². The highest BCUT2D eigenvalue weighted by molar-refractivity contribution is 5.21. The van der Waals surface area contributed by atoms with E-state index in [1.54, 1.807) is 0 Å². The Morgan fingerprint density at radius 3 is 2.21 bits per heavy atom. The van der Waals surface area contributed by atoms with E-state index in [4.69, 9.17) is 0 Å². The van der Waals surface area contributed by atoms with Gasteiger partial charge in [0, 0.05) is 18.6 Å². The van der Waals surface area contributed by atoms with E-state index in [-0.39, 0.29) is 0 Å². The molecule has 0 N–H and O–H groups in total. The third kappa shape index (κ3) is 1.83. The predicted molar refractivity (Wildman–Crippen MR) is 60.3 cm³/mol. The lowest BCUT2D eigenvalue weighted by Gasteiger charge is -2.45. The van der Waals surface area contributed by atoms with Crippen molar-refractivity contribution in [3.8, 4) is 0 Å². The average molecular weight is 189 g/mol. The standard InChI is InChI=1S/C13H19N/c1-10-4-6-13(7-5-10)9-14-11(2)8-12(14)3/h4-7,11-12H,8-9H2,1-3H3. The second-order valence-electron chi connectivity index (χ2n) is 4.59. The van der Waals surface area contributed by atoms with E-state index < -0.39 is 0 Å². The van der Waals surface area contributed by atoms with Gasteiger partial charge in [-0.05, 0) is 32.8 Å². The lowest BCUT2D eigenvalue weighted by molar-refractivity contribution is 0.0295. The zero-order chi connectivity index (χ0) is 10.1. The molecule has 2 unspecified atom stereocenters. The van der Waals surface area contributed by atoms with Crippen LogP contribution in [0.3, 0.4) is 0 Å². The largest absolute Gasteiger partial charge is 0.294 e. The van der Waals surface area contributed by atoms with E-state index in [0.29, 0.717) is 0 Å². The highest BCUT2D eigenvalue weighted by Crippen LogP contribution is 2.26. The number of aryl methyl sites for hydroxylation is 1. The van der Waals surface area contributed by atoms with Gasteiger partial charge >= 0.3 is 0 Å². The lowest BCUT2D eigenvalue weighted by Crippen LogP contribution is -2.51. The van der Waals surface area contributed by atoms with E-state index in [1.807, 2.05) is 0 Å². The van der Waals surface area contributed by atoms with E-state index in [2.05, 4.69) is 49.9 Å². The molecule has 1 nitrogen and oxygen atoms in total. The molecule has 2 atom stereocenters. The number of rotatable bonds is 2. The van der Waals surface area contributed by atoms with Gasteiger partial charge in [0.25, 0.3) is 0 Å². The molecule has 0 bridgehead atoms. The molecule has 1 heteroatoms. The number of likely N-dealkylation sites (tertiary alicyclic amines) is 1. The molecule has 2 rings (SSSR count). The van der Waals surface area contributed by atoms with Gasteiger partial charge in [-0.2, -0.15) is 0 Å². The minimum Gasteiger partial charge on any atom is -0.294 e. The van der Waals surface area contributed by atoms with Crippen molar-refractivity contribution < 1.29 is 0 Å². The van der Waals surface area contributed by atoms with Crippen molar-refractivity contribution in [2.75, 3.05) is 0 Å². The molecule has 0 spiro atoms. The first-order valence-electron chi connectivity index (χ1n) is 5.48. The van der Waals surface area contributed by atoms with Crippen molar-refractivity contribution in [1.82, 2.24) is 4.90 Å². The number of nitrogens with zero attached hydrogens (tertiary/aromatic N) is 1. The van der Waals surface area contributed by atoms with Crippen LogP contribution in [0, 0.1) is 6.92 Å². The van der Waals surface area contributed by atoms with Gasteiger partial charge in [0.2, 0.25) is 0 Å². The van der Waals surface area contributed by atoms with E-state index >= 15 is 0 Å². The molecule has 1 aliphatic heterocycles. The average Bonchev–Trinajstić information content (AvgIpc) is 2.17. The summed E-state index contributed by atoms with van der Waals surface area (Å²) in [5.41, 5.74) is 2.78. The highest BCUT2D eigenvalue weighted by atomic mass is 15.2. The molecule has 0 radical (unpaired) electrons. The maximum atomic E-state index is 2.56. The van der Waals surface area contributed by atoms with Crippen LogP contribution in [0.2, 0.25) is 0 Å². The summed E-state index contributed by atoms with van der Waals surface area (Å²) < 4.78 is 0. The molecule has 1 aliphatic rings. The first-order valence-corrected chi connectivity index (χ1v) is 5.48. The molecule has 1 saturated heterocycles. The van der Waals surface area contributed by atoms with Crippen LogP contribution in [0.15, 0.2) is 24.3 Å². The number of hydrogen-bond donors (Lipinski definition) is 0. The predicted octanol–water partition coefficient (Wildman–Crippen LogP) is 2.98. The smallest absolute Gasteiger partial charge is 0.0239 e. The topological polar surface area (TPSA) is 3.24 Å². The third-order valence-corrected chi connectivity index (χ3v) is 3.30. The Kier molecular flexibility index (Phi) is 2.60. The van der Waals surface area contributed by atoms with Crippen molar-refractivity contribution >= 4 is 0 Å². The number of hydrogen-bond acceptors (Lipinski definition) is 1. The second-order valence-corrected chi connectivity index (χ2v) is 4.59. The van der Waals surface area contributed by atoms with Crippen LogP contribution in [0.25, 0.3) is 0 Å². The lowest BCUT2D eigenvalue weighted by atomic mass is 9.95. The zero-order valence-corrected chi connectivity index (χ0v) is 9.33. The fourth-order valence-corrected chi connectivity index (χ4v) is 2.28. The summed E-state index contributed by atoms with van der Waals surface area (Å²) >= 11 is 0. The van der Waals surface area contributed by atoms with Crippen LogP contribution in [0.1, 0.15) is 31.4 Å². The van der Waals surface area contributed by atoms with Crippen LogP contribution >= 0.6 is 0 Å². The molecule has 1 aromatic carbocycles. The van der Waals surface area contributed by atoms with E-state index in [9.17, 15) is 0 Å². The van der Waals surface area contributed by atoms with Gasteiger partial charge in [-0.1, -0.05) is 29.8 Å². The van der Waals surface area contributed by atoms with E-state index in [1.165, 1.54) is 17.5 Å². The minimum absolute atomic E-state index is 0.770. The van der Waals surface area contributed by atoms with Crippen LogP contribution in [0.4, 0.5) is 0 Å². The molecule has 76 valence electrons. The van der Waals surface area contributed by atoms with Crippen LogP contribution < -0.4 is 0 Å². The summed E-state index contributed by atoms with van der Waals surface area (Å²) in [6.07, 6.45) is 1.35. The summed E-state index contributed by atoms with van der Waals surface area (Å²) in [4.78, 5) is 2.56. The Labute approximate surface area is 86.7 Å². The van der Waals surface area contributed by atoms with Crippen LogP contribution in [-0.4, -0.2) is 17.0 Å². The Morgan fingerprint density at radius 1 is 1.14 bits per heavy atom. The first kappa shape index (κ1) is 9.72. The summed E-state index contributed by atoms with van der Waals surface area (Å²) in [6, 6.07) is 10.4. The van der Waals surface area contributed by atoms with Crippen molar-refractivity contribution in [3.05, 3.63) is 35.4 Å². The van der Waals surface area contributed by atoms with E-state index in [0.717, 1.165) is 18.6 Å². The second kappa shape index (κ2) is 3.74. The van der Waals surface area contributed by atoms with Crippen molar-refractivity contribution in [2.24, 2.45) is 0 Å². The quantitative estimate of drug-likeness (QED) is 0.691. The van der Waals surface area contributed by atoms with Gasteiger partial charge in [0.15, 0.2) is 0 Å². The highest BCUT2D eigenvalue weighted by Gasteiger charge is 2.30. The summed E-state index contributed by atoms with van der Waals surface area (Å²) in [7, 11) is 0. The Morgan fingerprint density at radius 2 is 1.71 bits per heavy atom. The molecule has 0 saturated carbocycles. The molecule has 1 fully saturated rings. The fourth-order valence-electron chi connectivity index (χ4n) is 2.28. The molecular formula is C13H19N. The maximum absolute atomic E-state index is 2.56. The van der Waals surface area contributed by atoms with Gasteiger partial charge in [-0.3, -0.25) is 4.90 Å². The molecule has 1 aromatic rings. The third-order valence-electron chi connectivity index (χ3n) is 3.30. The first-order chi connectivity index (χ1) is 6.66. The molecule has 0 amide bonds. The number of benzene rings is 1. The summed E-state index contributed by atoms with van der Waals surface area (Å²) in [5.74, 6) is 0. The Bertz CT molecular complexity index is 294. The Balaban J connectivity index is 2.00. The normalized spacial score (nSPS) is 27.4. The summed E-state index contributed by atoms with van der Waals surface area (Å²) in [5, 5.41) is 0. The van der Waals surface area contributed by atoms with Crippen molar-refractivity contribution in [2.45, 2.75) is 45.8 Å². The van der Waals surface area contributed by atoms with Crippen LogP contribution in [-0.2, 0) is 6.54 Å². The Hall–Kier alpha value is -0.820. The minimum atomic E-state index is 0.770. The van der Waals surface area contributed by atoms with Crippen LogP contribution in [0.5, 0.6) is 0 Å². The van der Waals surface area contributed by atoms with Crippen molar-refractivity contribution in [3.63, 3.8) is 0 Å². The SMILES string of the molecule is Cc1ccc(CN2C(C)CC2C)cc1. The summed E-state index contributed by atoms with van der Waals surface area (Å²) in [6.45, 7) is 7.88. The van der Waals surface area contributed by atoms with Gasteiger partial charge in [-0.25, -0.2) is 0 Å².